The van der Waals surface area contributed by atoms with Crippen LogP contribution in [-0.2, 0) is 26.2 Å². The third kappa shape index (κ3) is 6.20. The fourth-order valence-electron chi connectivity index (χ4n) is 1.53. The Morgan fingerprint density at radius 1 is 1.09 bits per heavy atom. The van der Waals surface area contributed by atoms with Crippen molar-refractivity contribution in [2.45, 2.75) is 11.4 Å². The van der Waals surface area contributed by atoms with Crippen LogP contribution in [-0.4, -0.2) is 52.3 Å². The van der Waals surface area contributed by atoms with Crippen LogP contribution in [0.2, 0.25) is 0 Å². The van der Waals surface area contributed by atoms with Gasteiger partial charge in [0.05, 0.1) is 4.90 Å². The number of carbonyl (C=O) groups excluding carboxylic acids is 2. The monoisotopic (exact) mass is 328 g/mol. The Labute approximate surface area is 129 Å². The normalized spacial score (nSPS) is 11.3. The van der Waals surface area contributed by atoms with E-state index in [1.165, 1.54) is 24.3 Å². The number of hydrogen-bond donors (Lipinski definition) is 3. The van der Waals surface area contributed by atoms with Crippen molar-refractivity contribution < 1.29 is 18.0 Å². The molecule has 0 heterocycles. The number of amides is 2. The fraction of sp³-hybridized carbons (Fsp3) is 0.385. The van der Waals surface area contributed by atoms with E-state index in [1.807, 2.05) is 19.0 Å². The molecule has 0 radical (unpaired) electrons. The van der Waals surface area contributed by atoms with Crippen LogP contribution in [0.3, 0.4) is 0 Å². The number of rotatable bonds is 6. The highest BCUT2D eigenvalue weighted by molar-refractivity contribution is 7.89. The Morgan fingerprint density at radius 3 is 2.14 bits per heavy atom. The van der Waals surface area contributed by atoms with Gasteiger partial charge in [0.15, 0.2) is 0 Å². The number of primary sulfonamides is 1. The number of benzene rings is 1. The summed E-state index contributed by atoms with van der Waals surface area (Å²) < 4.78 is 22.2. The van der Waals surface area contributed by atoms with E-state index >= 15 is 0 Å². The summed E-state index contributed by atoms with van der Waals surface area (Å²) in [6.45, 7) is 1.13. The molecular formula is C13H20N4O4S. The summed E-state index contributed by atoms with van der Waals surface area (Å²) in [4.78, 5) is 24.9. The Hall–Kier alpha value is -1.97. The van der Waals surface area contributed by atoms with E-state index in [-0.39, 0.29) is 11.4 Å². The van der Waals surface area contributed by atoms with E-state index in [0.717, 1.165) is 0 Å². The predicted molar refractivity (Wildman–Crippen MR) is 81.2 cm³/mol. The van der Waals surface area contributed by atoms with Gasteiger partial charge in [-0.2, -0.15) is 0 Å². The van der Waals surface area contributed by atoms with Crippen LogP contribution in [0, 0.1) is 0 Å². The summed E-state index contributed by atoms with van der Waals surface area (Å²) in [5.41, 5.74) is 0.654. The van der Waals surface area contributed by atoms with Crippen molar-refractivity contribution in [3.63, 3.8) is 0 Å². The summed E-state index contributed by atoms with van der Waals surface area (Å²) in [6.07, 6.45) is 0. The van der Waals surface area contributed by atoms with Crippen molar-refractivity contribution in [2.24, 2.45) is 5.14 Å². The largest absolute Gasteiger partial charge is 0.347 e. The highest BCUT2D eigenvalue weighted by atomic mass is 32.2. The number of likely N-dealkylation sites (N-methyl/N-ethyl adjacent to an activating group) is 1. The van der Waals surface area contributed by atoms with Crippen molar-refractivity contribution in [1.29, 1.82) is 0 Å². The second kappa shape index (κ2) is 7.87. The van der Waals surface area contributed by atoms with Gasteiger partial charge in [-0.15, -0.1) is 0 Å². The zero-order chi connectivity index (χ0) is 16.8. The molecule has 22 heavy (non-hydrogen) atoms. The lowest BCUT2D eigenvalue weighted by molar-refractivity contribution is -0.139. The van der Waals surface area contributed by atoms with Crippen LogP contribution in [0.4, 0.5) is 0 Å². The first-order chi connectivity index (χ1) is 10.2. The third-order valence-corrected chi connectivity index (χ3v) is 3.68. The first-order valence-electron chi connectivity index (χ1n) is 6.52. The van der Waals surface area contributed by atoms with Gasteiger partial charge in [0.1, 0.15) is 0 Å². The zero-order valence-electron chi connectivity index (χ0n) is 12.5. The highest BCUT2D eigenvalue weighted by Crippen LogP contribution is 2.08. The average Bonchev–Trinajstić information content (AvgIpc) is 2.43. The van der Waals surface area contributed by atoms with Crippen LogP contribution in [0.25, 0.3) is 0 Å². The Morgan fingerprint density at radius 2 is 1.64 bits per heavy atom. The molecule has 4 N–H and O–H groups in total. The average molecular weight is 328 g/mol. The molecule has 0 atom stereocenters. The summed E-state index contributed by atoms with van der Waals surface area (Å²) in [6, 6.07) is 5.72. The molecule has 0 aliphatic rings. The van der Waals surface area contributed by atoms with Gasteiger partial charge in [-0.3, -0.25) is 9.59 Å². The molecule has 0 spiro atoms. The van der Waals surface area contributed by atoms with Gasteiger partial charge in [0, 0.05) is 19.6 Å². The highest BCUT2D eigenvalue weighted by Gasteiger charge is 2.12. The standard InChI is InChI=1S/C13H20N4O4S/c1-17(2)8-7-15-12(18)13(19)16-9-10-3-5-11(6-4-10)22(14,20)21/h3-6H,7-9H2,1-2H3,(H,15,18)(H,16,19)(H2,14,20,21). The summed E-state index contributed by atoms with van der Waals surface area (Å²) in [7, 11) is -0.0200. The molecule has 0 bridgehead atoms. The second-order valence-electron chi connectivity index (χ2n) is 4.93. The van der Waals surface area contributed by atoms with Crippen LogP contribution in [0.15, 0.2) is 29.2 Å². The molecule has 0 saturated carbocycles. The molecule has 8 nitrogen and oxygen atoms in total. The van der Waals surface area contributed by atoms with Gasteiger partial charge in [-0.25, -0.2) is 13.6 Å². The summed E-state index contributed by atoms with van der Waals surface area (Å²) in [5.74, 6) is -1.45. The van der Waals surface area contributed by atoms with E-state index in [2.05, 4.69) is 10.6 Å². The van der Waals surface area contributed by atoms with Gasteiger partial charge in [0.25, 0.3) is 0 Å². The number of nitrogens with two attached hydrogens (primary N) is 1. The third-order valence-electron chi connectivity index (χ3n) is 2.76. The molecule has 2 amide bonds. The van der Waals surface area contributed by atoms with E-state index in [9.17, 15) is 18.0 Å². The fourth-order valence-corrected chi connectivity index (χ4v) is 2.05. The smallest absolute Gasteiger partial charge is 0.309 e. The Balaban J connectivity index is 2.45. The minimum Gasteiger partial charge on any atom is -0.347 e. The first-order valence-corrected chi connectivity index (χ1v) is 8.07. The second-order valence-corrected chi connectivity index (χ2v) is 6.49. The maximum absolute atomic E-state index is 11.6. The van der Waals surface area contributed by atoms with Crippen molar-refractivity contribution >= 4 is 21.8 Å². The van der Waals surface area contributed by atoms with Gasteiger partial charge in [-0.1, -0.05) is 12.1 Å². The molecule has 0 saturated heterocycles. The SMILES string of the molecule is CN(C)CCNC(=O)C(=O)NCc1ccc(S(N)(=O)=O)cc1. The summed E-state index contributed by atoms with van der Waals surface area (Å²) >= 11 is 0. The number of hydrogen-bond acceptors (Lipinski definition) is 5. The lowest BCUT2D eigenvalue weighted by Crippen LogP contribution is -2.41. The molecule has 1 aromatic rings. The number of sulfonamides is 1. The van der Waals surface area contributed by atoms with Gasteiger partial charge in [0.2, 0.25) is 10.0 Å². The minimum atomic E-state index is -3.74. The quantitative estimate of drug-likeness (QED) is 0.556. The van der Waals surface area contributed by atoms with E-state index in [4.69, 9.17) is 5.14 Å². The van der Waals surface area contributed by atoms with Crippen molar-refractivity contribution in [1.82, 2.24) is 15.5 Å². The van der Waals surface area contributed by atoms with Gasteiger partial charge < -0.3 is 15.5 Å². The van der Waals surface area contributed by atoms with E-state index in [1.54, 1.807) is 0 Å². The van der Waals surface area contributed by atoms with Crippen LogP contribution in [0.1, 0.15) is 5.56 Å². The Kier molecular flexibility index (Phi) is 6.47. The number of nitrogens with one attached hydrogen (secondary N) is 2. The van der Waals surface area contributed by atoms with Gasteiger partial charge >= 0.3 is 11.8 Å². The van der Waals surface area contributed by atoms with Crippen molar-refractivity contribution in [2.75, 3.05) is 27.2 Å². The number of nitrogens with zero attached hydrogens (tertiary/aromatic N) is 1. The predicted octanol–water partition coefficient (Wildman–Crippen LogP) is -1.37. The van der Waals surface area contributed by atoms with Crippen LogP contribution < -0.4 is 15.8 Å². The van der Waals surface area contributed by atoms with E-state index < -0.39 is 21.8 Å². The van der Waals surface area contributed by atoms with Crippen LogP contribution >= 0.6 is 0 Å². The topological polar surface area (TPSA) is 122 Å². The molecule has 9 heteroatoms. The zero-order valence-corrected chi connectivity index (χ0v) is 13.3. The number of carbonyl (C=O) groups is 2. The molecule has 0 aromatic heterocycles. The van der Waals surface area contributed by atoms with Crippen molar-refractivity contribution in [3.8, 4) is 0 Å². The maximum atomic E-state index is 11.6. The van der Waals surface area contributed by atoms with Crippen molar-refractivity contribution in [3.05, 3.63) is 29.8 Å². The lowest BCUT2D eigenvalue weighted by Gasteiger charge is -2.10. The molecular weight excluding hydrogens is 308 g/mol. The maximum Gasteiger partial charge on any atom is 0.309 e. The summed E-state index contributed by atoms with van der Waals surface area (Å²) in [5, 5.41) is 9.92. The molecule has 0 aliphatic carbocycles. The molecule has 0 unspecified atom stereocenters. The lowest BCUT2D eigenvalue weighted by atomic mass is 10.2. The molecule has 1 rings (SSSR count). The molecule has 1 aromatic carbocycles. The van der Waals surface area contributed by atoms with E-state index in [0.29, 0.717) is 18.7 Å². The first kappa shape index (κ1) is 18.1. The van der Waals surface area contributed by atoms with Gasteiger partial charge in [-0.05, 0) is 31.8 Å². The molecule has 122 valence electrons. The minimum absolute atomic E-state index is 0.0102. The molecule has 0 aliphatic heterocycles. The Bertz CT molecular complexity index is 626. The van der Waals surface area contributed by atoms with Crippen LogP contribution in [0.5, 0.6) is 0 Å². The molecule has 0 fully saturated rings.